The molecule has 0 amide bonds. The minimum atomic E-state index is 0. The topological polar surface area (TPSA) is 52.0 Å². The summed E-state index contributed by atoms with van der Waals surface area (Å²) in [6.45, 7) is 7.35. The Morgan fingerprint density at radius 3 is 1.55 bits per heavy atom. The third kappa shape index (κ3) is 37.0. The summed E-state index contributed by atoms with van der Waals surface area (Å²) >= 11 is 0. The largest absolute Gasteiger partial charge is 0.343 e. The van der Waals surface area contributed by atoms with Gasteiger partial charge in [-0.3, -0.25) is 0 Å². The average molecular weight is 340 g/mol. The first-order chi connectivity index (χ1) is 4.83. The Morgan fingerprint density at radius 2 is 1.55 bits per heavy atom. The van der Waals surface area contributed by atoms with Gasteiger partial charge in [0.2, 0.25) is 0 Å². The van der Waals surface area contributed by atoms with Gasteiger partial charge in [0.1, 0.15) is 0 Å². The van der Waals surface area contributed by atoms with Gasteiger partial charge in [0.15, 0.2) is 0 Å². The first-order valence-electron chi connectivity index (χ1n) is 4.02. The molecule has 0 spiro atoms. The molecule has 4 N–H and O–H groups in total. The molecule has 0 fully saturated rings. The van der Waals surface area contributed by atoms with Crippen molar-refractivity contribution in [2.75, 3.05) is 13.1 Å². The molecular weight excluding hydrogens is 319 g/mol. The van der Waals surface area contributed by atoms with E-state index < -0.39 is 0 Å². The smallest absolute Gasteiger partial charge is 0 e. The van der Waals surface area contributed by atoms with Crippen molar-refractivity contribution in [1.82, 2.24) is 0 Å². The van der Waals surface area contributed by atoms with E-state index in [1.54, 1.807) is 0 Å². The van der Waals surface area contributed by atoms with Crippen LogP contribution in [0.1, 0.15) is 32.6 Å². The zero-order valence-corrected chi connectivity index (χ0v) is 9.69. The molecule has 3 heteroatoms. The van der Waals surface area contributed by atoms with Crippen molar-refractivity contribution >= 4 is 0 Å². The van der Waals surface area contributed by atoms with Crippen LogP contribution in [0, 0.1) is 6.92 Å². The molecule has 0 bridgehead atoms. The molecule has 2 nitrogen and oxygen atoms in total. The number of nitrogens with two attached hydrogens (primary N) is 2. The van der Waals surface area contributed by atoms with Gasteiger partial charge in [-0.1, -0.05) is 19.8 Å². The van der Waals surface area contributed by atoms with E-state index in [2.05, 4.69) is 13.8 Å². The Balaban J connectivity index is -0.000000107. The number of rotatable bonds is 4. The molecule has 0 saturated heterocycles. The molecule has 0 aromatic heterocycles. The van der Waals surface area contributed by atoms with Crippen molar-refractivity contribution in [2.45, 2.75) is 32.6 Å². The number of hydrogen-bond donors (Lipinski definition) is 2. The Hall–Kier alpha value is 0.608. The summed E-state index contributed by atoms with van der Waals surface area (Å²) in [7, 11) is 0. The molecule has 0 aliphatic rings. The van der Waals surface area contributed by atoms with Crippen LogP contribution in [0.15, 0.2) is 0 Å². The van der Waals surface area contributed by atoms with Gasteiger partial charge in [-0.15, -0.1) is 0 Å². The van der Waals surface area contributed by atoms with Crippen LogP contribution in [0.2, 0.25) is 0 Å². The second-order valence-corrected chi connectivity index (χ2v) is 2.14. The van der Waals surface area contributed by atoms with Crippen LogP contribution in [0.25, 0.3) is 0 Å². The van der Waals surface area contributed by atoms with E-state index in [1.165, 1.54) is 12.8 Å². The van der Waals surface area contributed by atoms with E-state index in [-0.39, 0.29) is 21.1 Å². The Labute approximate surface area is 85.4 Å². The second-order valence-electron chi connectivity index (χ2n) is 2.14. The van der Waals surface area contributed by atoms with Gasteiger partial charge < -0.3 is 18.4 Å². The van der Waals surface area contributed by atoms with Crippen LogP contribution in [-0.2, 0) is 21.1 Å². The summed E-state index contributed by atoms with van der Waals surface area (Å²) < 4.78 is 0. The predicted molar refractivity (Wildman–Crippen MR) is 47.6 cm³/mol. The summed E-state index contributed by atoms with van der Waals surface area (Å²) in [6, 6.07) is 0. The van der Waals surface area contributed by atoms with E-state index in [4.69, 9.17) is 11.5 Å². The van der Waals surface area contributed by atoms with E-state index in [1.807, 2.05) is 0 Å². The minimum absolute atomic E-state index is 0. The standard InChI is InChI=1S/C4H11N.C4H10N.Pt/c2*1-2-3-4-5;/h2-5H2,1H3;1-5H2;/q;-1;. The molecule has 0 aromatic carbocycles. The maximum absolute atomic E-state index is 5.14. The minimum Gasteiger partial charge on any atom is -0.343 e. The molecule has 11 heavy (non-hydrogen) atoms. The van der Waals surface area contributed by atoms with E-state index >= 15 is 0 Å². The molecule has 0 rings (SSSR count). The van der Waals surface area contributed by atoms with Crippen molar-refractivity contribution in [3.05, 3.63) is 6.92 Å². The van der Waals surface area contributed by atoms with Crippen LogP contribution in [0.3, 0.4) is 0 Å². The van der Waals surface area contributed by atoms with Crippen molar-refractivity contribution < 1.29 is 21.1 Å². The number of hydrogen-bond acceptors (Lipinski definition) is 2. The Morgan fingerprint density at radius 1 is 1.09 bits per heavy atom. The predicted octanol–water partition coefficient (Wildman–Crippen LogP) is 1.30. The second kappa shape index (κ2) is 22.4. The van der Waals surface area contributed by atoms with Crippen LogP contribution in [0.5, 0.6) is 0 Å². The van der Waals surface area contributed by atoms with Gasteiger partial charge in [-0.25, -0.2) is 0 Å². The molecule has 0 aliphatic carbocycles. The van der Waals surface area contributed by atoms with Gasteiger partial charge in [-0.2, -0.15) is 6.42 Å². The SMILES string of the molecule is CCCCN.[CH2-]CCCN.[Pt]. The summed E-state index contributed by atoms with van der Waals surface area (Å²) in [5.74, 6) is 0. The van der Waals surface area contributed by atoms with Gasteiger partial charge in [0.25, 0.3) is 0 Å². The average Bonchev–Trinajstić information content (AvgIpc) is 1.93. The molecule has 0 radical (unpaired) electrons. The van der Waals surface area contributed by atoms with Crippen molar-refractivity contribution in [3.63, 3.8) is 0 Å². The molecule has 0 atom stereocenters. The summed E-state index contributed by atoms with van der Waals surface area (Å²) in [4.78, 5) is 0. The van der Waals surface area contributed by atoms with Crippen molar-refractivity contribution in [2.24, 2.45) is 11.5 Å². The first kappa shape index (κ1) is 17.6. The van der Waals surface area contributed by atoms with Crippen molar-refractivity contribution in [3.8, 4) is 0 Å². The molecule has 0 saturated carbocycles. The maximum atomic E-state index is 5.14. The fraction of sp³-hybridized carbons (Fsp3) is 0.875. The summed E-state index contributed by atoms with van der Waals surface area (Å²) in [5, 5.41) is 0. The summed E-state index contributed by atoms with van der Waals surface area (Å²) in [6.07, 6.45) is 4.41. The normalized spacial score (nSPS) is 7.64. The van der Waals surface area contributed by atoms with Gasteiger partial charge in [0.05, 0.1) is 0 Å². The van der Waals surface area contributed by atoms with E-state index in [9.17, 15) is 0 Å². The summed E-state index contributed by atoms with van der Waals surface area (Å²) in [5.41, 5.74) is 10.2. The van der Waals surface area contributed by atoms with Gasteiger partial charge in [0, 0.05) is 21.1 Å². The zero-order valence-electron chi connectivity index (χ0n) is 7.42. The van der Waals surface area contributed by atoms with Crippen molar-refractivity contribution in [1.29, 1.82) is 0 Å². The van der Waals surface area contributed by atoms with Crippen LogP contribution in [0.4, 0.5) is 0 Å². The molecule has 74 valence electrons. The van der Waals surface area contributed by atoms with Crippen LogP contribution < -0.4 is 11.5 Å². The fourth-order valence-electron chi connectivity index (χ4n) is 0.348. The molecular formula is C8H21N2Pt-. The molecule has 0 heterocycles. The molecule has 0 unspecified atom stereocenters. The zero-order chi connectivity index (χ0) is 8.24. The Bertz CT molecular complexity index is 33.1. The van der Waals surface area contributed by atoms with Crippen LogP contribution >= 0.6 is 0 Å². The molecule has 0 aliphatic heterocycles. The monoisotopic (exact) mass is 340 g/mol. The maximum Gasteiger partial charge on any atom is 0 e. The molecule has 0 aromatic rings. The third-order valence-corrected chi connectivity index (χ3v) is 1.01. The van der Waals surface area contributed by atoms with Gasteiger partial charge >= 0.3 is 0 Å². The number of unbranched alkanes of at least 4 members (excludes halogenated alkanes) is 2. The Kier molecular flexibility index (Phi) is 35.9. The van der Waals surface area contributed by atoms with E-state index in [0.29, 0.717) is 0 Å². The van der Waals surface area contributed by atoms with Crippen LogP contribution in [-0.4, -0.2) is 13.1 Å². The van der Waals surface area contributed by atoms with Gasteiger partial charge in [-0.05, 0) is 19.5 Å². The quantitative estimate of drug-likeness (QED) is 0.758. The first-order valence-corrected chi connectivity index (χ1v) is 4.02. The third-order valence-electron chi connectivity index (χ3n) is 1.01. The van der Waals surface area contributed by atoms with E-state index in [0.717, 1.165) is 25.9 Å². The fourth-order valence-corrected chi connectivity index (χ4v) is 0.348.